The zero-order chi connectivity index (χ0) is 26.7. The van der Waals surface area contributed by atoms with E-state index in [4.69, 9.17) is 4.42 Å². The summed E-state index contributed by atoms with van der Waals surface area (Å²) in [5.41, 5.74) is -0.0640. The molecule has 0 radical (unpaired) electrons. The highest BCUT2D eigenvalue weighted by Crippen LogP contribution is 2.37. The molecule has 1 unspecified atom stereocenters. The minimum atomic E-state index is -4.45. The van der Waals surface area contributed by atoms with Gasteiger partial charge in [0.2, 0.25) is 5.95 Å². The normalized spacial score (nSPS) is 19.8. The molecule has 0 saturated carbocycles. The maximum atomic E-state index is 13.3. The first-order chi connectivity index (χ1) is 18.3. The van der Waals surface area contributed by atoms with Gasteiger partial charge in [0.1, 0.15) is 11.5 Å². The van der Waals surface area contributed by atoms with Crippen molar-refractivity contribution in [3.63, 3.8) is 0 Å². The number of aliphatic hydroxyl groups is 1. The molecule has 2 fully saturated rings. The molecule has 12 heteroatoms. The summed E-state index contributed by atoms with van der Waals surface area (Å²) in [5, 5.41) is 15.4. The van der Waals surface area contributed by atoms with E-state index in [1.165, 1.54) is 12.1 Å². The van der Waals surface area contributed by atoms with Crippen LogP contribution in [0.5, 0.6) is 0 Å². The maximum absolute atomic E-state index is 13.3. The molecule has 5 rings (SSSR count). The van der Waals surface area contributed by atoms with E-state index in [-0.39, 0.29) is 16.6 Å². The molecular formula is C26H26F3N5O3S. The molecule has 4 heterocycles. The number of benzene rings is 1. The number of rotatable bonds is 7. The zero-order valence-electron chi connectivity index (χ0n) is 20.2. The van der Waals surface area contributed by atoms with E-state index in [9.17, 15) is 23.1 Å². The lowest BCUT2D eigenvalue weighted by Crippen LogP contribution is -2.38. The number of piperidine rings is 1. The summed E-state index contributed by atoms with van der Waals surface area (Å²) in [7, 11) is 0. The monoisotopic (exact) mass is 545 g/mol. The van der Waals surface area contributed by atoms with Gasteiger partial charge in [0.15, 0.2) is 6.23 Å². The molecule has 200 valence electrons. The van der Waals surface area contributed by atoms with Gasteiger partial charge < -0.3 is 25.1 Å². The first-order valence-electron chi connectivity index (χ1n) is 12.2. The predicted octanol–water partition coefficient (Wildman–Crippen LogP) is 4.88. The average Bonchev–Trinajstić information content (AvgIpc) is 3.49. The zero-order valence-corrected chi connectivity index (χ0v) is 21.1. The largest absolute Gasteiger partial charge is 0.460 e. The summed E-state index contributed by atoms with van der Waals surface area (Å²) in [4.78, 5) is 23.0. The summed E-state index contributed by atoms with van der Waals surface area (Å²) in [6.45, 7) is 2.74. The van der Waals surface area contributed by atoms with Crippen LogP contribution in [0.3, 0.4) is 0 Å². The van der Waals surface area contributed by atoms with Crippen molar-refractivity contribution < 1.29 is 27.5 Å². The highest BCUT2D eigenvalue weighted by molar-refractivity contribution is 8.17. The van der Waals surface area contributed by atoms with Gasteiger partial charge in [0.05, 0.1) is 17.8 Å². The number of hydrogen-bond donors (Lipinski definition) is 3. The lowest BCUT2D eigenvalue weighted by Gasteiger charge is -2.32. The highest BCUT2D eigenvalue weighted by atomic mass is 32.2. The predicted molar refractivity (Wildman–Crippen MR) is 138 cm³/mol. The molecule has 3 N–H and O–H groups in total. The van der Waals surface area contributed by atoms with Crippen LogP contribution < -0.4 is 15.5 Å². The Bertz CT molecular complexity index is 1320. The Morgan fingerprint density at radius 1 is 1.18 bits per heavy atom. The fraction of sp³-hybridized carbons (Fsp3) is 0.346. The Morgan fingerprint density at radius 2 is 1.97 bits per heavy atom. The fourth-order valence-electron chi connectivity index (χ4n) is 4.52. The Morgan fingerprint density at radius 3 is 2.71 bits per heavy atom. The molecule has 3 aromatic rings. The van der Waals surface area contributed by atoms with Crippen molar-refractivity contribution in [2.45, 2.75) is 31.8 Å². The number of carbonyl (C=O) groups is 1. The molecule has 2 saturated heterocycles. The third-order valence-corrected chi connectivity index (χ3v) is 7.36. The number of thioether (sulfide) groups is 1. The number of alkyl halides is 3. The van der Waals surface area contributed by atoms with E-state index >= 15 is 0 Å². The number of aliphatic hydroxyl groups excluding tert-OH is 1. The maximum Gasteiger partial charge on any atom is 0.417 e. The molecule has 8 nitrogen and oxygen atoms in total. The first-order valence-corrected chi connectivity index (χ1v) is 13.0. The van der Waals surface area contributed by atoms with Gasteiger partial charge in [-0.1, -0.05) is 18.2 Å². The van der Waals surface area contributed by atoms with Crippen molar-refractivity contribution in [1.29, 1.82) is 0 Å². The van der Waals surface area contributed by atoms with Gasteiger partial charge in [0, 0.05) is 29.8 Å². The third-order valence-electron chi connectivity index (χ3n) is 6.48. The highest BCUT2D eigenvalue weighted by Gasteiger charge is 2.34. The second-order valence-electron chi connectivity index (χ2n) is 9.14. The molecule has 2 aromatic heterocycles. The quantitative estimate of drug-likeness (QED) is 0.386. The van der Waals surface area contributed by atoms with Crippen LogP contribution >= 0.6 is 11.8 Å². The van der Waals surface area contributed by atoms with Crippen LogP contribution in [0.15, 0.2) is 58.0 Å². The Labute approximate surface area is 221 Å². The molecule has 0 spiro atoms. The van der Waals surface area contributed by atoms with Crippen LogP contribution in [0.25, 0.3) is 17.4 Å². The summed E-state index contributed by atoms with van der Waals surface area (Å²) < 4.78 is 45.7. The van der Waals surface area contributed by atoms with Crippen molar-refractivity contribution in [3.8, 4) is 11.3 Å². The van der Waals surface area contributed by atoms with E-state index in [0.717, 1.165) is 50.3 Å². The molecule has 0 aliphatic carbocycles. The number of halogens is 3. The molecule has 1 aromatic carbocycles. The summed E-state index contributed by atoms with van der Waals surface area (Å²) in [6, 6.07) is 10.4. The van der Waals surface area contributed by atoms with Crippen molar-refractivity contribution in [3.05, 3.63) is 70.6 Å². The molecular weight excluding hydrogens is 519 g/mol. The standard InChI is InChI=1S/C26H26F3N5O3S/c27-26(28,29)20-4-2-1-3-19(20)21-6-5-18(37-21)15-30-14-16-8-11-34(12-9-16)24-31-10-7-17(32-24)13-22-23(35)33-25(36)38-22/h1-7,10,13,16,23,30,35H,8-9,11-12,14-15H2,(H,33,36). The van der Waals surface area contributed by atoms with Gasteiger partial charge in [0.25, 0.3) is 5.24 Å². The molecule has 38 heavy (non-hydrogen) atoms. The van der Waals surface area contributed by atoms with Crippen LogP contribution in [-0.2, 0) is 12.7 Å². The third kappa shape index (κ3) is 6.20. The van der Waals surface area contributed by atoms with Gasteiger partial charge in [-0.25, -0.2) is 9.97 Å². The number of hydrogen-bond acceptors (Lipinski definition) is 8. The van der Waals surface area contributed by atoms with Gasteiger partial charge in [-0.05, 0) is 67.4 Å². The number of aromatic nitrogens is 2. The molecule has 2 aliphatic heterocycles. The smallest absolute Gasteiger partial charge is 0.417 e. The van der Waals surface area contributed by atoms with Crippen LogP contribution in [0.1, 0.15) is 29.9 Å². The second kappa shape index (κ2) is 11.2. The number of carbonyl (C=O) groups excluding carboxylic acids is 1. The van der Waals surface area contributed by atoms with E-state index in [1.54, 1.807) is 36.5 Å². The van der Waals surface area contributed by atoms with Gasteiger partial charge >= 0.3 is 6.18 Å². The summed E-state index contributed by atoms with van der Waals surface area (Å²) >= 11 is 0.946. The number of amides is 1. The lowest BCUT2D eigenvalue weighted by molar-refractivity contribution is -0.137. The summed E-state index contributed by atoms with van der Waals surface area (Å²) in [6.07, 6.45) is -0.271. The molecule has 2 aliphatic rings. The SMILES string of the molecule is O=C1NC(O)C(=Cc2ccnc(N3CCC(CNCc4ccc(-c5ccccc5C(F)(F)F)o4)CC3)n2)S1. The average molecular weight is 546 g/mol. The number of nitrogens with one attached hydrogen (secondary N) is 2. The second-order valence-corrected chi connectivity index (χ2v) is 10.2. The van der Waals surface area contributed by atoms with Crippen LogP contribution in [0.4, 0.5) is 23.9 Å². The molecule has 0 bridgehead atoms. The Balaban J connectivity index is 1.11. The lowest BCUT2D eigenvalue weighted by atomic mass is 9.97. The van der Waals surface area contributed by atoms with Crippen LogP contribution in [-0.4, -0.2) is 46.2 Å². The van der Waals surface area contributed by atoms with E-state index < -0.39 is 18.0 Å². The van der Waals surface area contributed by atoms with Gasteiger partial charge in [-0.3, -0.25) is 4.79 Å². The van der Waals surface area contributed by atoms with E-state index in [1.807, 2.05) is 0 Å². The Hall–Kier alpha value is -3.35. The summed E-state index contributed by atoms with van der Waals surface area (Å²) in [5.74, 6) is 1.81. The number of furan rings is 1. The minimum absolute atomic E-state index is 0.0319. The van der Waals surface area contributed by atoms with Crippen LogP contribution in [0.2, 0.25) is 0 Å². The topological polar surface area (TPSA) is 104 Å². The minimum Gasteiger partial charge on any atom is -0.460 e. The van der Waals surface area contributed by atoms with Gasteiger partial charge in [-0.15, -0.1) is 0 Å². The van der Waals surface area contributed by atoms with Crippen molar-refractivity contribution in [2.24, 2.45) is 5.92 Å². The van der Waals surface area contributed by atoms with E-state index in [0.29, 0.717) is 34.8 Å². The molecule has 1 atom stereocenters. The Kier molecular flexibility index (Phi) is 7.73. The van der Waals surface area contributed by atoms with E-state index in [2.05, 4.69) is 25.5 Å². The van der Waals surface area contributed by atoms with Crippen molar-refractivity contribution in [2.75, 3.05) is 24.5 Å². The fourth-order valence-corrected chi connectivity index (χ4v) is 5.26. The van der Waals surface area contributed by atoms with Crippen molar-refractivity contribution in [1.82, 2.24) is 20.6 Å². The van der Waals surface area contributed by atoms with Gasteiger partial charge in [-0.2, -0.15) is 13.2 Å². The first kappa shape index (κ1) is 26.3. The number of nitrogens with zero attached hydrogens (tertiary/aromatic N) is 3. The number of anilines is 1. The molecule has 1 amide bonds. The van der Waals surface area contributed by atoms with Crippen LogP contribution in [0, 0.1) is 5.92 Å². The van der Waals surface area contributed by atoms with Crippen molar-refractivity contribution >= 4 is 29.0 Å².